The molecular formula is C22H30N2O2. The number of amides is 1. The predicted octanol–water partition coefficient (Wildman–Crippen LogP) is 4.22. The van der Waals surface area contributed by atoms with Gasteiger partial charge in [0.2, 0.25) is 5.91 Å². The average Bonchev–Trinajstić information content (AvgIpc) is 3.05. The first-order valence-corrected chi connectivity index (χ1v) is 10.1. The number of aliphatic imine (C=N–C) groups is 1. The van der Waals surface area contributed by atoms with E-state index in [9.17, 15) is 4.79 Å². The first-order valence-electron chi connectivity index (χ1n) is 10.1. The van der Waals surface area contributed by atoms with Gasteiger partial charge in [-0.25, -0.2) is 0 Å². The molecule has 1 spiro atoms. The number of fused-ring (bicyclic) bond motifs is 1. The predicted molar refractivity (Wildman–Crippen MR) is 103 cm³/mol. The van der Waals surface area contributed by atoms with Gasteiger partial charge in [0.25, 0.3) is 0 Å². The molecule has 140 valence electrons. The van der Waals surface area contributed by atoms with Crippen molar-refractivity contribution >= 4 is 11.6 Å². The van der Waals surface area contributed by atoms with Crippen LogP contribution in [0.15, 0.2) is 35.3 Å². The lowest BCUT2D eigenvalue weighted by Crippen LogP contribution is -2.52. The minimum atomic E-state index is -0.589. The van der Waals surface area contributed by atoms with Crippen molar-refractivity contribution < 1.29 is 9.53 Å². The van der Waals surface area contributed by atoms with Gasteiger partial charge < -0.3 is 9.64 Å². The summed E-state index contributed by atoms with van der Waals surface area (Å²) in [5.41, 5.74) is 1.82. The molecule has 1 aromatic rings. The molecule has 4 heteroatoms. The van der Waals surface area contributed by atoms with Gasteiger partial charge in [-0.2, -0.15) is 0 Å². The second kappa shape index (κ2) is 6.49. The molecule has 2 fully saturated rings. The molecule has 1 amide bonds. The standard InChI is InChI=1S/C22H30N2O2/c1-5-24-21(25)18-13-22(24)19(23-20(26-22)11-14(2)3)12-17(15(18)4)16-9-7-6-8-10-16/h6-10,14-15,17-18,20H,5,11-13H2,1-4H3/t15-,17+,18?,20-,22+/m1/s1. The summed E-state index contributed by atoms with van der Waals surface area (Å²) in [7, 11) is 0. The van der Waals surface area contributed by atoms with Gasteiger partial charge >= 0.3 is 0 Å². The third kappa shape index (κ3) is 2.61. The van der Waals surface area contributed by atoms with Crippen LogP contribution in [0.5, 0.6) is 0 Å². The monoisotopic (exact) mass is 354 g/mol. The Balaban J connectivity index is 1.76. The fraction of sp³-hybridized carbons (Fsp3) is 0.636. The van der Waals surface area contributed by atoms with Gasteiger partial charge in [-0.15, -0.1) is 0 Å². The van der Waals surface area contributed by atoms with Crippen LogP contribution in [0, 0.1) is 17.8 Å². The molecular weight excluding hydrogens is 324 g/mol. The van der Waals surface area contributed by atoms with Crippen molar-refractivity contribution in [3.05, 3.63) is 35.9 Å². The third-order valence-corrected chi connectivity index (χ3v) is 6.50. The second-order valence-corrected chi connectivity index (χ2v) is 8.54. The molecule has 26 heavy (non-hydrogen) atoms. The summed E-state index contributed by atoms with van der Waals surface area (Å²) < 4.78 is 6.54. The summed E-state index contributed by atoms with van der Waals surface area (Å²) in [4.78, 5) is 20.2. The average molecular weight is 354 g/mol. The van der Waals surface area contributed by atoms with E-state index in [-0.39, 0.29) is 18.1 Å². The lowest BCUT2D eigenvalue weighted by Gasteiger charge is -2.37. The normalized spacial score (nSPS) is 36.3. The van der Waals surface area contributed by atoms with Crippen molar-refractivity contribution in [2.24, 2.45) is 22.7 Å². The zero-order valence-electron chi connectivity index (χ0n) is 16.3. The van der Waals surface area contributed by atoms with Crippen LogP contribution in [-0.4, -0.2) is 35.0 Å². The van der Waals surface area contributed by atoms with E-state index in [4.69, 9.17) is 9.73 Å². The number of carbonyl (C=O) groups is 1. The number of hydrogen-bond acceptors (Lipinski definition) is 3. The van der Waals surface area contributed by atoms with Crippen LogP contribution in [0.2, 0.25) is 0 Å². The van der Waals surface area contributed by atoms with E-state index in [1.807, 2.05) is 4.90 Å². The Kier molecular flexibility index (Phi) is 4.42. The van der Waals surface area contributed by atoms with Gasteiger partial charge in [-0.3, -0.25) is 9.79 Å². The highest BCUT2D eigenvalue weighted by Crippen LogP contribution is 2.52. The number of likely N-dealkylation sites (tertiary alicyclic amines) is 1. The van der Waals surface area contributed by atoms with Gasteiger partial charge in [-0.1, -0.05) is 51.1 Å². The molecule has 4 rings (SSSR count). The first kappa shape index (κ1) is 17.7. The molecule has 0 N–H and O–H groups in total. The van der Waals surface area contributed by atoms with E-state index in [1.165, 1.54) is 5.56 Å². The van der Waals surface area contributed by atoms with E-state index >= 15 is 0 Å². The van der Waals surface area contributed by atoms with Gasteiger partial charge in [0.05, 0.1) is 5.71 Å². The smallest absolute Gasteiger partial charge is 0.228 e. The largest absolute Gasteiger partial charge is 0.325 e. The summed E-state index contributed by atoms with van der Waals surface area (Å²) in [6.45, 7) is 9.38. The zero-order valence-corrected chi connectivity index (χ0v) is 16.3. The van der Waals surface area contributed by atoms with Crippen molar-refractivity contribution in [1.82, 2.24) is 4.90 Å². The Morgan fingerprint density at radius 1 is 1.27 bits per heavy atom. The third-order valence-electron chi connectivity index (χ3n) is 6.50. The summed E-state index contributed by atoms with van der Waals surface area (Å²) in [5.74, 6) is 1.41. The summed E-state index contributed by atoms with van der Waals surface area (Å²) >= 11 is 0. The molecule has 1 saturated heterocycles. The quantitative estimate of drug-likeness (QED) is 0.812. The Morgan fingerprint density at radius 3 is 2.65 bits per heavy atom. The topological polar surface area (TPSA) is 41.9 Å². The van der Waals surface area contributed by atoms with Crippen LogP contribution >= 0.6 is 0 Å². The maximum absolute atomic E-state index is 13.2. The van der Waals surface area contributed by atoms with E-state index < -0.39 is 5.72 Å². The summed E-state index contributed by atoms with van der Waals surface area (Å²) in [6.07, 6.45) is 2.45. The lowest BCUT2D eigenvalue weighted by atomic mass is 9.78. The molecule has 4 nitrogen and oxygen atoms in total. The first-order chi connectivity index (χ1) is 12.5. The summed E-state index contributed by atoms with van der Waals surface area (Å²) in [5, 5.41) is 0. The SMILES string of the molecule is CCN1C(=O)C2C[C@@]13O[C@H](CC(C)C)N=C3C[C@H](c1ccccc1)[C@H]2C. The van der Waals surface area contributed by atoms with Crippen molar-refractivity contribution in [3.63, 3.8) is 0 Å². The molecule has 0 radical (unpaired) electrons. The van der Waals surface area contributed by atoms with E-state index in [0.29, 0.717) is 24.3 Å². The Labute approximate surface area is 156 Å². The Bertz CT molecular complexity index is 714. The highest BCUT2D eigenvalue weighted by Gasteiger charge is 2.61. The highest BCUT2D eigenvalue weighted by atomic mass is 16.6. The number of carbonyl (C=O) groups excluding carboxylic acids is 1. The van der Waals surface area contributed by atoms with Crippen molar-refractivity contribution in [2.75, 3.05) is 6.54 Å². The van der Waals surface area contributed by atoms with Crippen LogP contribution in [0.4, 0.5) is 0 Å². The molecule has 1 saturated carbocycles. The number of rotatable bonds is 4. The van der Waals surface area contributed by atoms with Crippen molar-refractivity contribution in [2.45, 2.75) is 64.8 Å². The second-order valence-electron chi connectivity index (χ2n) is 8.54. The van der Waals surface area contributed by atoms with Crippen LogP contribution < -0.4 is 0 Å². The maximum Gasteiger partial charge on any atom is 0.228 e. The highest BCUT2D eigenvalue weighted by molar-refractivity contribution is 6.01. The lowest BCUT2D eigenvalue weighted by molar-refractivity contribution is -0.148. The molecule has 2 bridgehead atoms. The van der Waals surface area contributed by atoms with Crippen LogP contribution in [0.25, 0.3) is 0 Å². The fourth-order valence-corrected chi connectivity index (χ4v) is 5.19. The number of hydrogen-bond donors (Lipinski definition) is 0. The maximum atomic E-state index is 13.2. The number of ether oxygens (including phenoxy) is 1. The van der Waals surface area contributed by atoms with Crippen molar-refractivity contribution in [1.29, 1.82) is 0 Å². The molecule has 2 heterocycles. The van der Waals surface area contributed by atoms with Crippen LogP contribution in [-0.2, 0) is 9.53 Å². The van der Waals surface area contributed by atoms with E-state index in [1.54, 1.807) is 0 Å². The Morgan fingerprint density at radius 2 is 2.00 bits per heavy atom. The molecule has 0 aromatic heterocycles. The molecule has 3 aliphatic rings. The minimum absolute atomic E-state index is 0.0191. The molecule has 1 aromatic carbocycles. The van der Waals surface area contributed by atoms with Gasteiger partial charge in [0, 0.05) is 18.9 Å². The molecule has 1 aliphatic carbocycles. The molecule has 5 atom stereocenters. The fourth-order valence-electron chi connectivity index (χ4n) is 5.19. The van der Waals surface area contributed by atoms with Gasteiger partial charge in [-0.05, 0) is 43.1 Å². The number of nitrogens with zero attached hydrogens (tertiary/aromatic N) is 2. The molecule has 1 unspecified atom stereocenters. The minimum Gasteiger partial charge on any atom is -0.325 e. The van der Waals surface area contributed by atoms with Crippen molar-refractivity contribution in [3.8, 4) is 0 Å². The van der Waals surface area contributed by atoms with E-state index in [0.717, 1.165) is 25.0 Å². The molecule has 2 aliphatic heterocycles. The van der Waals surface area contributed by atoms with Gasteiger partial charge in [0.15, 0.2) is 12.0 Å². The van der Waals surface area contributed by atoms with Crippen LogP contribution in [0.3, 0.4) is 0 Å². The Hall–Kier alpha value is -1.68. The van der Waals surface area contributed by atoms with Gasteiger partial charge in [0.1, 0.15) is 0 Å². The van der Waals surface area contributed by atoms with Crippen LogP contribution in [0.1, 0.15) is 58.4 Å². The zero-order chi connectivity index (χ0) is 18.5. The van der Waals surface area contributed by atoms with E-state index in [2.05, 4.69) is 58.0 Å². The summed E-state index contributed by atoms with van der Waals surface area (Å²) in [6, 6.07) is 10.6. The number of benzene rings is 1.